The molecule has 0 N–H and O–H groups in total. The van der Waals surface area contributed by atoms with Gasteiger partial charge < -0.3 is 8.98 Å². The first-order valence-corrected chi connectivity index (χ1v) is 13.5. The van der Waals surface area contributed by atoms with Crippen molar-refractivity contribution in [1.29, 1.82) is 0 Å². The van der Waals surface area contributed by atoms with E-state index in [2.05, 4.69) is 137 Å². The summed E-state index contributed by atoms with van der Waals surface area (Å²) in [6, 6.07) is 33.0. The number of hydrogen-bond acceptors (Lipinski definition) is 1. The van der Waals surface area contributed by atoms with Gasteiger partial charge in [-0.1, -0.05) is 101 Å². The van der Waals surface area contributed by atoms with E-state index in [-0.39, 0.29) is 10.8 Å². The Hall–Kier alpha value is -4.04. The fraction of sp³-hybridized carbons (Fsp3) is 0.222. The van der Waals surface area contributed by atoms with Gasteiger partial charge in [0.2, 0.25) is 0 Å². The Balaban J connectivity index is 1.50. The Kier molecular flexibility index (Phi) is 5.79. The van der Waals surface area contributed by atoms with Crippen LogP contribution < -0.4 is 0 Å². The van der Waals surface area contributed by atoms with Crippen LogP contribution in [0.25, 0.3) is 38.6 Å². The molecule has 0 unspecified atom stereocenters. The number of nitrogens with zero attached hydrogens (tertiary/aromatic N) is 1. The molecule has 0 spiro atoms. The van der Waals surface area contributed by atoms with Gasteiger partial charge in [0, 0.05) is 23.3 Å². The molecule has 0 radical (unpaired) electrons. The first kappa shape index (κ1) is 24.3. The van der Waals surface area contributed by atoms with E-state index in [0.29, 0.717) is 0 Å². The minimum atomic E-state index is -0.0935. The van der Waals surface area contributed by atoms with E-state index in [0.717, 1.165) is 12.2 Å². The van der Waals surface area contributed by atoms with E-state index < -0.39 is 0 Å². The molecule has 6 rings (SSSR count). The highest BCUT2D eigenvalue weighted by atomic mass is 16.3. The molecule has 0 aliphatic heterocycles. The van der Waals surface area contributed by atoms with Crippen molar-refractivity contribution < 1.29 is 4.42 Å². The zero-order valence-electron chi connectivity index (χ0n) is 23.0. The van der Waals surface area contributed by atoms with E-state index >= 15 is 0 Å². The molecule has 38 heavy (non-hydrogen) atoms. The summed E-state index contributed by atoms with van der Waals surface area (Å²) in [6.45, 7) is 11.6. The predicted octanol–water partition coefficient (Wildman–Crippen LogP) is 9.86. The maximum absolute atomic E-state index is 5.97. The molecule has 190 valence electrons. The van der Waals surface area contributed by atoms with Gasteiger partial charge in [-0.05, 0) is 74.4 Å². The normalized spacial score (nSPS) is 12.4. The third kappa shape index (κ3) is 4.24. The Morgan fingerprint density at radius 3 is 2.05 bits per heavy atom. The molecule has 2 heterocycles. The highest BCUT2D eigenvalue weighted by molar-refractivity contribution is 5.98. The molecule has 4 aromatic carbocycles. The predicted molar refractivity (Wildman–Crippen MR) is 160 cm³/mol. The van der Waals surface area contributed by atoms with Crippen LogP contribution in [-0.2, 0) is 17.3 Å². The molecule has 0 bridgehead atoms. The summed E-state index contributed by atoms with van der Waals surface area (Å²) in [5, 5.41) is 5.04. The van der Waals surface area contributed by atoms with Crippen LogP contribution in [0.1, 0.15) is 51.3 Å². The number of hydrogen-bond donors (Lipinski definition) is 0. The summed E-state index contributed by atoms with van der Waals surface area (Å²) in [7, 11) is 0. The SMILES string of the molecule is CC(C)(C)c1ccc2ccc(CC(C)(C)c3ccc4ccccc4c3-n3cccc3)cc2c1-c1ccco1. The molecule has 0 aliphatic carbocycles. The van der Waals surface area contributed by atoms with Gasteiger partial charge in [-0.3, -0.25) is 0 Å². The number of aromatic nitrogens is 1. The van der Waals surface area contributed by atoms with Crippen LogP contribution in [0, 0.1) is 0 Å². The minimum absolute atomic E-state index is 0.00233. The zero-order valence-corrected chi connectivity index (χ0v) is 23.0. The third-order valence-electron chi connectivity index (χ3n) is 7.80. The number of rotatable bonds is 5. The van der Waals surface area contributed by atoms with Crippen LogP contribution in [-0.4, -0.2) is 4.57 Å². The van der Waals surface area contributed by atoms with Gasteiger partial charge >= 0.3 is 0 Å². The van der Waals surface area contributed by atoms with Gasteiger partial charge in [-0.15, -0.1) is 0 Å². The highest BCUT2D eigenvalue weighted by Gasteiger charge is 2.27. The maximum Gasteiger partial charge on any atom is 0.134 e. The molecule has 0 saturated heterocycles. The smallest absolute Gasteiger partial charge is 0.134 e. The average Bonchev–Trinajstić information content (AvgIpc) is 3.61. The average molecular weight is 498 g/mol. The Morgan fingerprint density at radius 2 is 1.34 bits per heavy atom. The molecule has 0 amide bonds. The first-order chi connectivity index (χ1) is 18.2. The van der Waals surface area contributed by atoms with Crippen molar-refractivity contribution in [3.05, 3.63) is 126 Å². The van der Waals surface area contributed by atoms with Crippen LogP contribution in [0.5, 0.6) is 0 Å². The van der Waals surface area contributed by atoms with Gasteiger partial charge in [-0.2, -0.15) is 0 Å². The molecule has 6 aromatic rings. The van der Waals surface area contributed by atoms with Crippen LogP contribution in [0.15, 0.2) is 114 Å². The molecule has 2 aromatic heterocycles. The second kappa shape index (κ2) is 9.06. The maximum atomic E-state index is 5.97. The van der Waals surface area contributed by atoms with Gasteiger partial charge in [0.25, 0.3) is 0 Å². The Morgan fingerprint density at radius 1 is 0.658 bits per heavy atom. The van der Waals surface area contributed by atoms with Crippen LogP contribution in [0.2, 0.25) is 0 Å². The molecule has 0 fully saturated rings. The van der Waals surface area contributed by atoms with Crippen molar-refractivity contribution in [3.8, 4) is 17.0 Å². The van der Waals surface area contributed by atoms with Gasteiger partial charge in [0.1, 0.15) is 5.76 Å². The first-order valence-electron chi connectivity index (χ1n) is 13.5. The lowest BCUT2D eigenvalue weighted by Crippen LogP contribution is -2.23. The van der Waals surface area contributed by atoms with Gasteiger partial charge in [0.15, 0.2) is 0 Å². The van der Waals surface area contributed by atoms with E-state index in [1.165, 1.54) is 49.5 Å². The van der Waals surface area contributed by atoms with Crippen LogP contribution >= 0.6 is 0 Å². The monoisotopic (exact) mass is 497 g/mol. The second-order valence-electron chi connectivity index (χ2n) is 12.1. The summed E-state index contributed by atoms with van der Waals surface area (Å²) in [5.74, 6) is 0.932. The zero-order chi connectivity index (χ0) is 26.5. The van der Waals surface area contributed by atoms with Crippen LogP contribution in [0.3, 0.4) is 0 Å². The lowest BCUT2D eigenvalue weighted by atomic mass is 9.76. The Bertz CT molecular complexity index is 1730. The van der Waals surface area contributed by atoms with E-state index in [1.807, 2.05) is 6.07 Å². The number of benzene rings is 4. The molecule has 2 heteroatoms. The van der Waals surface area contributed by atoms with E-state index in [4.69, 9.17) is 4.42 Å². The standard InChI is InChI=1S/C36H35NO/c1-35(2,3)30-18-16-27-15-14-25(23-29(27)33(30)32-13-10-22-38-32)24-36(4,5)31-19-17-26-11-6-7-12-28(26)34(31)37-20-8-9-21-37/h6-23H,24H2,1-5H3. The quantitative estimate of drug-likeness (QED) is 0.232. The van der Waals surface area contributed by atoms with Crippen molar-refractivity contribution in [2.45, 2.75) is 51.9 Å². The fourth-order valence-electron chi connectivity index (χ4n) is 5.96. The Labute approximate surface area is 225 Å². The number of furan rings is 1. The minimum Gasteiger partial charge on any atom is -0.464 e. The number of fused-ring (bicyclic) bond motifs is 2. The molecule has 0 saturated carbocycles. The second-order valence-corrected chi connectivity index (χ2v) is 12.1. The third-order valence-corrected chi connectivity index (χ3v) is 7.80. The molecule has 2 nitrogen and oxygen atoms in total. The topological polar surface area (TPSA) is 18.1 Å². The van der Waals surface area contributed by atoms with Crippen LogP contribution in [0.4, 0.5) is 0 Å². The van der Waals surface area contributed by atoms with Crippen molar-refractivity contribution in [1.82, 2.24) is 4.57 Å². The lowest BCUT2D eigenvalue weighted by Gasteiger charge is -2.30. The van der Waals surface area contributed by atoms with E-state index in [9.17, 15) is 0 Å². The summed E-state index contributed by atoms with van der Waals surface area (Å²) >= 11 is 0. The summed E-state index contributed by atoms with van der Waals surface area (Å²) in [4.78, 5) is 0. The molecular formula is C36H35NO. The molecular weight excluding hydrogens is 462 g/mol. The van der Waals surface area contributed by atoms with Crippen molar-refractivity contribution in [2.75, 3.05) is 0 Å². The molecule has 0 aliphatic rings. The lowest BCUT2D eigenvalue weighted by molar-refractivity contribution is 0.521. The van der Waals surface area contributed by atoms with Crippen molar-refractivity contribution in [3.63, 3.8) is 0 Å². The van der Waals surface area contributed by atoms with Crippen molar-refractivity contribution >= 4 is 21.5 Å². The highest BCUT2D eigenvalue weighted by Crippen LogP contribution is 2.41. The largest absolute Gasteiger partial charge is 0.464 e. The summed E-state index contributed by atoms with van der Waals surface area (Å²) in [6.07, 6.45) is 7.01. The summed E-state index contributed by atoms with van der Waals surface area (Å²) in [5.41, 5.74) is 6.37. The summed E-state index contributed by atoms with van der Waals surface area (Å²) < 4.78 is 8.24. The van der Waals surface area contributed by atoms with Crippen molar-refractivity contribution in [2.24, 2.45) is 0 Å². The molecule has 0 atom stereocenters. The fourth-order valence-corrected chi connectivity index (χ4v) is 5.96. The van der Waals surface area contributed by atoms with Gasteiger partial charge in [0.05, 0.1) is 12.0 Å². The van der Waals surface area contributed by atoms with Gasteiger partial charge in [-0.25, -0.2) is 0 Å². The van der Waals surface area contributed by atoms with E-state index in [1.54, 1.807) is 6.26 Å².